The quantitative estimate of drug-likeness (QED) is 0.580. The average Bonchev–Trinajstić information content (AvgIpc) is 2.55. The Hall–Kier alpha value is -0.570. The minimum atomic E-state index is -0.0524. The van der Waals surface area contributed by atoms with Gasteiger partial charge in [-0.3, -0.25) is 4.79 Å². The fourth-order valence-corrected chi connectivity index (χ4v) is 2.58. The highest BCUT2D eigenvalue weighted by Crippen LogP contribution is 2.45. The summed E-state index contributed by atoms with van der Waals surface area (Å²) in [6.07, 6.45) is 0.952. The van der Waals surface area contributed by atoms with E-state index in [0.717, 1.165) is 6.42 Å². The topological polar surface area (TPSA) is 46.5 Å². The summed E-state index contributed by atoms with van der Waals surface area (Å²) in [5.74, 6) is 1.01. The van der Waals surface area contributed by atoms with Crippen LogP contribution in [0.15, 0.2) is 0 Å². The van der Waals surface area contributed by atoms with E-state index in [1.807, 2.05) is 6.92 Å². The smallest absolute Gasteiger partial charge is 0.309 e. The first-order valence-electron chi connectivity index (χ1n) is 4.51. The van der Waals surface area contributed by atoms with Crippen LogP contribution in [0.1, 0.15) is 13.3 Å². The number of cyclic esters (lactones) is 1. The number of aliphatic hydroxyl groups excluding tert-OH is 1. The molecule has 1 saturated heterocycles. The maximum absolute atomic E-state index is 11.2. The van der Waals surface area contributed by atoms with E-state index in [9.17, 15) is 4.79 Å². The summed E-state index contributed by atoms with van der Waals surface area (Å²) < 4.78 is 4.96. The molecule has 4 atom stereocenters. The normalized spacial score (nSPS) is 46.0. The Balaban J connectivity index is 2.14. The zero-order chi connectivity index (χ0) is 8.72. The molecule has 0 radical (unpaired) electrons. The van der Waals surface area contributed by atoms with Gasteiger partial charge in [0.1, 0.15) is 0 Å². The summed E-state index contributed by atoms with van der Waals surface area (Å²) >= 11 is 0. The van der Waals surface area contributed by atoms with Gasteiger partial charge in [-0.1, -0.05) is 6.92 Å². The van der Waals surface area contributed by atoms with Gasteiger partial charge in [0.05, 0.1) is 12.5 Å². The summed E-state index contributed by atoms with van der Waals surface area (Å²) in [7, 11) is 0. The van der Waals surface area contributed by atoms with Crippen LogP contribution in [0.4, 0.5) is 0 Å². The van der Waals surface area contributed by atoms with Crippen molar-refractivity contribution in [2.75, 3.05) is 13.2 Å². The van der Waals surface area contributed by atoms with Gasteiger partial charge in [-0.25, -0.2) is 0 Å². The number of carbonyl (C=O) groups is 1. The second kappa shape index (κ2) is 2.73. The molecule has 1 saturated carbocycles. The first kappa shape index (κ1) is 8.05. The van der Waals surface area contributed by atoms with Crippen molar-refractivity contribution in [3.63, 3.8) is 0 Å². The Bertz CT molecular complexity index is 202. The van der Waals surface area contributed by atoms with Crippen LogP contribution in [0.3, 0.4) is 0 Å². The zero-order valence-corrected chi connectivity index (χ0v) is 7.19. The molecule has 68 valence electrons. The second-order valence-electron chi connectivity index (χ2n) is 3.95. The molecule has 1 aliphatic heterocycles. The molecule has 1 aliphatic carbocycles. The maximum Gasteiger partial charge on any atom is 0.309 e. The fraction of sp³-hybridized carbons (Fsp3) is 0.889. The van der Waals surface area contributed by atoms with Crippen molar-refractivity contribution in [1.29, 1.82) is 0 Å². The van der Waals surface area contributed by atoms with E-state index in [4.69, 9.17) is 9.84 Å². The van der Waals surface area contributed by atoms with Gasteiger partial charge in [-0.2, -0.15) is 0 Å². The third-order valence-electron chi connectivity index (χ3n) is 3.37. The van der Waals surface area contributed by atoms with E-state index in [2.05, 4.69) is 0 Å². The average molecular weight is 170 g/mol. The van der Waals surface area contributed by atoms with Gasteiger partial charge in [-0.15, -0.1) is 0 Å². The molecule has 0 unspecified atom stereocenters. The molecule has 1 N–H and O–H groups in total. The lowest BCUT2D eigenvalue weighted by Crippen LogP contribution is -2.20. The Labute approximate surface area is 71.7 Å². The Morgan fingerprint density at radius 1 is 1.67 bits per heavy atom. The third kappa shape index (κ3) is 0.959. The maximum atomic E-state index is 11.2. The minimum absolute atomic E-state index is 0.0524. The van der Waals surface area contributed by atoms with Crippen molar-refractivity contribution in [1.82, 2.24) is 0 Å². The van der Waals surface area contributed by atoms with Gasteiger partial charge < -0.3 is 9.84 Å². The molecular weight excluding hydrogens is 156 g/mol. The van der Waals surface area contributed by atoms with Crippen LogP contribution < -0.4 is 0 Å². The predicted molar refractivity (Wildman–Crippen MR) is 42.3 cm³/mol. The molecule has 2 fully saturated rings. The van der Waals surface area contributed by atoms with E-state index in [0.29, 0.717) is 24.4 Å². The molecule has 3 nitrogen and oxygen atoms in total. The van der Waals surface area contributed by atoms with Crippen molar-refractivity contribution in [3.05, 3.63) is 0 Å². The van der Waals surface area contributed by atoms with Crippen LogP contribution >= 0.6 is 0 Å². The van der Waals surface area contributed by atoms with Gasteiger partial charge in [0.15, 0.2) is 0 Å². The molecule has 0 amide bonds. The van der Waals surface area contributed by atoms with Gasteiger partial charge in [0.25, 0.3) is 0 Å². The van der Waals surface area contributed by atoms with Crippen molar-refractivity contribution < 1.29 is 14.6 Å². The van der Waals surface area contributed by atoms with Crippen LogP contribution in [0.25, 0.3) is 0 Å². The minimum Gasteiger partial charge on any atom is -0.465 e. The number of ether oxygens (including phenoxy) is 1. The lowest BCUT2D eigenvalue weighted by atomic mass is 9.90. The highest BCUT2D eigenvalue weighted by Gasteiger charge is 2.49. The van der Waals surface area contributed by atoms with Crippen molar-refractivity contribution in [3.8, 4) is 0 Å². The van der Waals surface area contributed by atoms with Crippen molar-refractivity contribution in [2.24, 2.45) is 23.7 Å². The second-order valence-corrected chi connectivity index (χ2v) is 3.95. The number of esters is 1. The molecule has 0 spiro atoms. The summed E-state index contributed by atoms with van der Waals surface area (Å²) in [6.45, 7) is 2.82. The number of carbonyl (C=O) groups excluding carboxylic acids is 1. The monoisotopic (exact) mass is 170 g/mol. The lowest BCUT2D eigenvalue weighted by Gasteiger charge is -2.14. The molecule has 1 heterocycles. The number of rotatable bonds is 1. The molecule has 0 aromatic carbocycles. The standard InChI is InChI=1S/C9H14O3/c1-5-6(3-10)2-7-4-12-9(11)8(5)7/h5-8,10H,2-4H2,1H3/t5-,6-,7+,8+/m1/s1. The Kier molecular flexibility index (Phi) is 1.83. The number of fused-ring (bicyclic) bond motifs is 1. The van der Waals surface area contributed by atoms with Crippen molar-refractivity contribution in [2.45, 2.75) is 13.3 Å². The van der Waals surface area contributed by atoms with Crippen LogP contribution in [0.5, 0.6) is 0 Å². The molecule has 2 rings (SSSR count). The van der Waals surface area contributed by atoms with Gasteiger partial charge in [0, 0.05) is 12.5 Å². The van der Waals surface area contributed by atoms with E-state index in [1.54, 1.807) is 0 Å². The van der Waals surface area contributed by atoms with E-state index in [-0.39, 0.29) is 18.5 Å². The van der Waals surface area contributed by atoms with Gasteiger partial charge >= 0.3 is 5.97 Å². The highest BCUT2D eigenvalue weighted by atomic mass is 16.5. The first-order valence-corrected chi connectivity index (χ1v) is 4.51. The molecule has 0 aromatic rings. The molecule has 0 aromatic heterocycles. The first-order chi connectivity index (χ1) is 5.74. The van der Waals surface area contributed by atoms with E-state index >= 15 is 0 Å². The summed E-state index contributed by atoms with van der Waals surface area (Å²) in [6, 6.07) is 0. The lowest BCUT2D eigenvalue weighted by molar-refractivity contribution is -0.142. The highest BCUT2D eigenvalue weighted by molar-refractivity contribution is 5.75. The van der Waals surface area contributed by atoms with Gasteiger partial charge in [0.2, 0.25) is 0 Å². The largest absolute Gasteiger partial charge is 0.465 e. The molecule has 0 bridgehead atoms. The van der Waals surface area contributed by atoms with Crippen LogP contribution in [0, 0.1) is 23.7 Å². The number of hydrogen-bond donors (Lipinski definition) is 1. The van der Waals surface area contributed by atoms with Gasteiger partial charge in [-0.05, 0) is 18.3 Å². The van der Waals surface area contributed by atoms with E-state index in [1.165, 1.54) is 0 Å². The summed E-state index contributed by atoms with van der Waals surface area (Å²) in [5.41, 5.74) is 0. The third-order valence-corrected chi connectivity index (χ3v) is 3.37. The van der Waals surface area contributed by atoms with E-state index < -0.39 is 0 Å². The Morgan fingerprint density at radius 3 is 3.00 bits per heavy atom. The van der Waals surface area contributed by atoms with Crippen LogP contribution in [-0.2, 0) is 9.53 Å². The van der Waals surface area contributed by atoms with Crippen molar-refractivity contribution >= 4 is 5.97 Å². The summed E-state index contributed by atoms with van der Waals surface area (Å²) in [4.78, 5) is 11.2. The summed E-state index contributed by atoms with van der Waals surface area (Å²) in [5, 5.41) is 9.03. The Morgan fingerprint density at radius 2 is 2.42 bits per heavy atom. The number of aliphatic hydroxyl groups is 1. The fourth-order valence-electron chi connectivity index (χ4n) is 2.58. The van der Waals surface area contributed by atoms with Crippen LogP contribution in [-0.4, -0.2) is 24.3 Å². The SMILES string of the molecule is C[C@@H]1[C@@H](CO)C[C@H]2COC(=O)[C@H]21. The predicted octanol–water partition coefficient (Wildman–Crippen LogP) is 0.424. The molecular formula is C9H14O3. The molecule has 12 heavy (non-hydrogen) atoms. The molecule has 2 aliphatic rings. The van der Waals surface area contributed by atoms with Crippen LogP contribution in [0.2, 0.25) is 0 Å². The molecule has 3 heteroatoms. The number of hydrogen-bond acceptors (Lipinski definition) is 3. The zero-order valence-electron chi connectivity index (χ0n) is 7.19.